The first-order chi connectivity index (χ1) is 12.9. The smallest absolute Gasteiger partial charge is 0.307 e. The predicted molar refractivity (Wildman–Crippen MR) is 101 cm³/mol. The number of rotatable bonds is 8. The Hall–Kier alpha value is -3.15. The fourth-order valence-corrected chi connectivity index (χ4v) is 2.54. The number of aryl methyl sites for hydroxylation is 1. The van der Waals surface area contributed by atoms with Crippen molar-refractivity contribution in [2.24, 2.45) is 0 Å². The second kappa shape index (κ2) is 9.52. The van der Waals surface area contributed by atoms with E-state index < -0.39 is 5.97 Å². The lowest BCUT2D eigenvalue weighted by Crippen LogP contribution is -2.27. The first-order valence-electron chi connectivity index (χ1n) is 8.59. The summed E-state index contributed by atoms with van der Waals surface area (Å²) in [5.74, 6) is -0.211. The molecule has 0 fully saturated rings. The fourth-order valence-electron chi connectivity index (χ4n) is 2.54. The molecule has 0 saturated carbocycles. The topological polar surface area (TPSA) is 81.7 Å². The van der Waals surface area contributed by atoms with E-state index in [-0.39, 0.29) is 31.3 Å². The normalized spacial score (nSPS) is 10.2. The molecule has 1 N–H and O–H groups in total. The zero-order valence-corrected chi connectivity index (χ0v) is 15.7. The van der Waals surface area contributed by atoms with Crippen molar-refractivity contribution >= 4 is 17.7 Å². The SMILES string of the molecule is COc1ccc(C(C)=O)cc1COC(=O)CCNC(=O)c1ccccc1C. The van der Waals surface area contributed by atoms with E-state index in [1.54, 1.807) is 30.3 Å². The molecule has 27 heavy (non-hydrogen) atoms. The molecule has 2 aromatic rings. The van der Waals surface area contributed by atoms with Gasteiger partial charge in [0.05, 0.1) is 13.5 Å². The summed E-state index contributed by atoms with van der Waals surface area (Å²) >= 11 is 0. The van der Waals surface area contributed by atoms with Gasteiger partial charge < -0.3 is 14.8 Å². The summed E-state index contributed by atoms with van der Waals surface area (Å²) in [6, 6.07) is 12.2. The van der Waals surface area contributed by atoms with Gasteiger partial charge in [-0.2, -0.15) is 0 Å². The average molecular weight is 369 g/mol. The van der Waals surface area contributed by atoms with Crippen molar-refractivity contribution in [1.82, 2.24) is 5.32 Å². The van der Waals surface area contributed by atoms with E-state index in [1.807, 2.05) is 19.1 Å². The van der Waals surface area contributed by atoms with Gasteiger partial charge in [-0.25, -0.2) is 0 Å². The number of ketones is 1. The molecule has 0 saturated heterocycles. The van der Waals surface area contributed by atoms with E-state index in [0.717, 1.165) is 5.56 Å². The summed E-state index contributed by atoms with van der Waals surface area (Å²) in [4.78, 5) is 35.5. The van der Waals surface area contributed by atoms with Crippen molar-refractivity contribution in [3.63, 3.8) is 0 Å². The number of carbonyl (C=O) groups excluding carboxylic acids is 3. The van der Waals surface area contributed by atoms with Crippen LogP contribution in [0.1, 0.15) is 45.2 Å². The maximum absolute atomic E-state index is 12.1. The average Bonchev–Trinajstić information content (AvgIpc) is 2.66. The van der Waals surface area contributed by atoms with Crippen LogP contribution in [0.5, 0.6) is 5.75 Å². The minimum Gasteiger partial charge on any atom is -0.496 e. The first kappa shape index (κ1) is 20.2. The third-order valence-corrected chi connectivity index (χ3v) is 4.08. The fraction of sp³-hybridized carbons (Fsp3) is 0.286. The maximum atomic E-state index is 12.1. The summed E-state index contributed by atoms with van der Waals surface area (Å²) in [7, 11) is 1.51. The van der Waals surface area contributed by atoms with Gasteiger partial charge in [0.25, 0.3) is 5.91 Å². The Balaban J connectivity index is 1.84. The molecule has 0 radical (unpaired) electrons. The van der Waals surface area contributed by atoms with Gasteiger partial charge in [0, 0.05) is 23.2 Å². The van der Waals surface area contributed by atoms with Crippen LogP contribution in [0.2, 0.25) is 0 Å². The van der Waals surface area contributed by atoms with Crippen molar-refractivity contribution < 1.29 is 23.9 Å². The minimum atomic E-state index is -0.449. The number of Topliss-reactive ketones (excluding diaryl/α,β-unsaturated/α-hetero) is 1. The van der Waals surface area contributed by atoms with Crippen molar-refractivity contribution in [3.05, 3.63) is 64.7 Å². The predicted octanol–water partition coefficient (Wildman–Crippen LogP) is 3.07. The molecule has 0 spiro atoms. The van der Waals surface area contributed by atoms with Crippen LogP contribution in [0.15, 0.2) is 42.5 Å². The molecule has 0 unspecified atom stereocenters. The lowest BCUT2D eigenvalue weighted by atomic mass is 10.1. The zero-order chi connectivity index (χ0) is 19.8. The Bertz CT molecular complexity index is 844. The largest absolute Gasteiger partial charge is 0.496 e. The number of esters is 1. The zero-order valence-electron chi connectivity index (χ0n) is 15.7. The maximum Gasteiger partial charge on any atom is 0.307 e. The number of nitrogens with one attached hydrogen (secondary N) is 1. The second-order valence-electron chi connectivity index (χ2n) is 6.06. The highest BCUT2D eigenvalue weighted by molar-refractivity contribution is 5.95. The Morgan fingerprint density at radius 3 is 2.48 bits per heavy atom. The summed E-state index contributed by atoms with van der Waals surface area (Å²) < 4.78 is 10.5. The lowest BCUT2D eigenvalue weighted by molar-refractivity contribution is -0.144. The van der Waals surface area contributed by atoms with Gasteiger partial charge in [0.1, 0.15) is 12.4 Å². The number of hydrogen-bond acceptors (Lipinski definition) is 5. The Labute approximate surface area is 158 Å². The molecule has 6 heteroatoms. The molecule has 0 aromatic heterocycles. The highest BCUT2D eigenvalue weighted by Crippen LogP contribution is 2.21. The molecular formula is C21H23NO5. The van der Waals surface area contributed by atoms with E-state index in [0.29, 0.717) is 22.4 Å². The van der Waals surface area contributed by atoms with Crippen LogP contribution in [0.4, 0.5) is 0 Å². The van der Waals surface area contributed by atoms with Gasteiger partial charge in [-0.05, 0) is 43.7 Å². The third-order valence-electron chi connectivity index (χ3n) is 4.08. The third kappa shape index (κ3) is 5.67. The van der Waals surface area contributed by atoms with Gasteiger partial charge in [-0.1, -0.05) is 18.2 Å². The standard InChI is InChI=1S/C21H23NO5/c1-14-6-4-5-7-18(14)21(25)22-11-10-20(24)27-13-17-12-16(15(2)23)8-9-19(17)26-3/h4-9,12H,10-11,13H2,1-3H3,(H,22,25). The van der Waals surface area contributed by atoms with Crippen LogP contribution in [0.25, 0.3) is 0 Å². The number of methoxy groups -OCH3 is 1. The van der Waals surface area contributed by atoms with Crippen LogP contribution < -0.4 is 10.1 Å². The number of ether oxygens (including phenoxy) is 2. The van der Waals surface area contributed by atoms with Crippen LogP contribution >= 0.6 is 0 Å². The molecule has 0 aliphatic heterocycles. The highest BCUT2D eigenvalue weighted by Gasteiger charge is 2.12. The number of carbonyl (C=O) groups is 3. The van der Waals surface area contributed by atoms with Gasteiger partial charge in [0.2, 0.25) is 0 Å². The summed E-state index contributed by atoms with van der Waals surface area (Å²) in [6.45, 7) is 3.49. The molecule has 2 aromatic carbocycles. The van der Waals surface area contributed by atoms with E-state index >= 15 is 0 Å². The van der Waals surface area contributed by atoms with E-state index in [1.165, 1.54) is 14.0 Å². The van der Waals surface area contributed by atoms with Crippen LogP contribution in [0, 0.1) is 6.92 Å². The number of hydrogen-bond donors (Lipinski definition) is 1. The van der Waals surface area contributed by atoms with Crippen molar-refractivity contribution in [1.29, 1.82) is 0 Å². The molecule has 0 atom stereocenters. The van der Waals surface area contributed by atoms with E-state index in [9.17, 15) is 14.4 Å². The monoisotopic (exact) mass is 369 g/mol. The van der Waals surface area contributed by atoms with Gasteiger partial charge in [-0.15, -0.1) is 0 Å². The van der Waals surface area contributed by atoms with Crippen LogP contribution in [-0.4, -0.2) is 31.3 Å². The summed E-state index contributed by atoms with van der Waals surface area (Å²) in [5.41, 5.74) is 2.58. The Morgan fingerprint density at radius 1 is 1.07 bits per heavy atom. The van der Waals surface area contributed by atoms with Crippen molar-refractivity contribution in [3.8, 4) is 5.75 Å². The molecular weight excluding hydrogens is 346 g/mol. The van der Waals surface area contributed by atoms with Gasteiger partial charge in [0.15, 0.2) is 5.78 Å². The molecule has 142 valence electrons. The first-order valence-corrected chi connectivity index (χ1v) is 8.59. The minimum absolute atomic E-state index is 0.00509. The molecule has 0 heterocycles. The van der Waals surface area contributed by atoms with Crippen LogP contribution in [0.3, 0.4) is 0 Å². The highest BCUT2D eigenvalue weighted by atomic mass is 16.5. The van der Waals surface area contributed by atoms with E-state index in [4.69, 9.17) is 9.47 Å². The van der Waals surface area contributed by atoms with Crippen LogP contribution in [-0.2, 0) is 16.1 Å². The summed E-state index contributed by atoms with van der Waals surface area (Å²) in [5, 5.41) is 2.71. The number of amides is 1. The molecule has 0 aliphatic carbocycles. The van der Waals surface area contributed by atoms with Gasteiger partial charge in [-0.3, -0.25) is 14.4 Å². The molecule has 6 nitrogen and oxygen atoms in total. The number of benzene rings is 2. The quantitative estimate of drug-likeness (QED) is 0.571. The summed E-state index contributed by atoms with van der Waals surface area (Å²) in [6.07, 6.45) is 0.0480. The lowest BCUT2D eigenvalue weighted by Gasteiger charge is -2.11. The van der Waals surface area contributed by atoms with Crippen molar-refractivity contribution in [2.75, 3.05) is 13.7 Å². The van der Waals surface area contributed by atoms with E-state index in [2.05, 4.69) is 5.32 Å². The molecule has 2 rings (SSSR count). The molecule has 0 aliphatic rings. The second-order valence-corrected chi connectivity index (χ2v) is 6.06. The molecule has 1 amide bonds. The van der Waals surface area contributed by atoms with Gasteiger partial charge >= 0.3 is 5.97 Å². The Kier molecular flexibility index (Phi) is 7.11. The molecule has 0 bridgehead atoms. The Morgan fingerprint density at radius 2 is 1.81 bits per heavy atom. The van der Waals surface area contributed by atoms with Crippen molar-refractivity contribution in [2.45, 2.75) is 26.9 Å².